The second-order valence-electron chi connectivity index (χ2n) is 5.40. The summed E-state index contributed by atoms with van der Waals surface area (Å²) in [5.74, 6) is -0.656. The number of nitrogens with zero attached hydrogens (tertiary/aromatic N) is 1. The lowest BCUT2D eigenvalue weighted by Crippen LogP contribution is -2.23. The third-order valence-corrected chi connectivity index (χ3v) is 6.19. The molecule has 1 aliphatic heterocycles. The topological polar surface area (TPSA) is 76.1 Å². The molecule has 1 fully saturated rings. The van der Waals surface area contributed by atoms with Gasteiger partial charge >= 0.3 is 0 Å². The Morgan fingerprint density at radius 1 is 1.32 bits per heavy atom. The molecule has 7 heteroatoms. The molecule has 1 aromatic heterocycles. The molecule has 2 aromatic rings. The van der Waals surface area contributed by atoms with Crippen molar-refractivity contribution in [1.82, 2.24) is 4.98 Å². The normalized spacial score (nSPS) is 19.9. The minimum atomic E-state index is -3.05. The maximum atomic E-state index is 12.1. The van der Waals surface area contributed by atoms with Gasteiger partial charge in [0.25, 0.3) is 0 Å². The molecule has 0 radical (unpaired) electrons. The third kappa shape index (κ3) is 3.72. The molecule has 1 saturated heterocycles. The number of aromatic nitrogens is 1. The molecule has 0 saturated carbocycles. The molecule has 1 N–H and O–H groups in total. The van der Waals surface area contributed by atoms with Crippen molar-refractivity contribution in [3.8, 4) is 0 Å². The number of amides is 1. The standard InChI is InChI=1S/C15H16N2O3S2/c18-14(12-6-7-22(19,20)10-12)17-15-16-13(9-21-15)8-11-4-2-1-3-5-11/h1-5,9,12H,6-8,10H2,(H,16,17,18)/t12-/m1/s1. The number of sulfone groups is 1. The van der Waals surface area contributed by atoms with Crippen LogP contribution in [-0.4, -0.2) is 30.8 Å². The van der Waals surface area contributed by atoms with Crippen molar-refractivity contribution in [1.29, 1.82) is 0 Å². The molecule has 1 aromatic carbocycles. The molecule has 1 aliphatic rings. The molecule has 0 bridgehead atoms. The zero-order chi connectivity index (χ0) is 15.6. The van der Waals surface area contributed by atoms with Gasteiger partial charge in [0.2, 0.25) is 5.91 Å². The number of nitrogens with one attached hydrogen (secondary N) is 1. The number of carbonyl (C=O) groups excluding carboxylic acids is 1. The summed E-state index contributed by atoms with van der Waals surface area (Å²) < 4.78 is 22.8. The Bertz CT molecular complexity index is 769. The molecule has 1 atom stereocenters. The maximum absolute atomic E-state index is 12.1. The van der Waals surface area contributed by atoms with E-state index in [4.69, 9.17) is 0 Å². The second-order valence-corrected chi connectivity index (χ2v) is 8.48. The Hall–Kier alpha value is -1.73. The van der Waals surface area contributed by atoms with E-state index in [0.29, 0.717) is 18.0 Å². The van der Waals surface area contributed by atoms with Gasteiger partial charge < -0.3 is 5.32 Å². The maximum Gasteiger partial charge on any atom is 0.230 e. The molecular weight excluding hydrogens is 320 g/mol. The Labute approximate surface area is 133 Å². The molecule has 1 amide bonds. The summed E-state index contributed by atoms with van der Waals surface area (Å²) in [7, 11) is -3.05. The zero-order valence-electron chi connectivity index (χ0n) is 11.9. The summed E-state index contributed by atoms with van der Waals surface area (Å²) in [6.45, 7) is 0. The number of thiazole rings is 1. The summed E-state index contributed by atoms with van der Waals surface area (Å²) in [6.07, 6.45) is 1.11. The van der Waals surface area contributed by atoms with E-state index in [1.54, 1.807) is 0 Å². The van der Waals surface area contributed by atoms with Crippen molar-refractivity contribution in [3.05, 3.63) is 47.0 Å². The number of hydrogen-bond donors (Lipinski definition) is 1. The van der Waals surface area contributed by atoms with E-state index < -0.39 is 15.8 Å². The van der Waals surface area contributed by atoms with Crippen molar-refractivity contribution in [2.45, 2.75) is 12.8 Å². The fourth-order valence-corrected chi connectivity index (χ4v) is 4.91. The molecular formula is C15H16N2O3S2. The first-order valence-electron chi connectivity index (χ1n) is 7.01. The van der Waals surface area contributed by atoms with Crippen molar-refractivity contribution in [2.75, 3.05) is 16.8 Å². The zero-order valence-corrected chi connectivity index (χ0v) is 13.5. The van der Waals surface area contributed by atoms with Gasteiger partial charge in [-0.15, -0.1) is 11.3 Å². The van der Waals surface area contributed by atoms with Gasteiger partial charge in [-0.25, -0.2) is 13.4 Å². The Morgan fingerprint density at radius 2 is 2.09 bits per heavy atom. The Morgan fingerprint density at radius 3 is 2.77 bits per heavy atom. The fourth-order valence-electron chi connectivity index (χ4n) is 2.46. The monoisotopic (exact) mass is 336 g/mol. The molecule has 116 valence electrons. The number of anilines is 1. The predicted molar refractivity (Wildman–Crippen MR) is 86.8 cm³/mol. The van der Waals surface area contributed by atoms with Crippen molar-refractivity contribution in [3.63, 3.8) is 0 Å². The summed E-state index contributed by atoms with van der Waals surface area (Å²) >= 11 is 1.36. The van der Waals surface area contributed by atoms with Crippen LogP contribution in [0.15, 0.2) is 35.7 Å². The van der Waals surface area contributed by atoms with Crippen LogP contribution < -0.4 is 5.32 Å². The Balaban J connectivity index is 1.61. The molecule has 5 nitrogen and oxygen atoms in total. The largest absolute Gasteiger partial charge is 0.302 e. The SMILES string of the molecule is O=C(Nc1nc(Cc2ccccc2)cs1)[C@@H]1CCS(=O)(=O)C1. The summed E-state index contributed by atoms with van der Waals surface area (Å²) in [4.78, 5) is 16.5. The van der Waals surface area contributed by atoms with Gasteiger partial charge in [0.1, 0.15) is 0 Å². The van der Waals surface area contributed by atoms with Gasteiger partial charge in [0.05, 0.1) is 23.1 Å². The highest BCUT2D eigenvalue weighted by Gasteiger charge is 2.33. The first-order valence-corrected chi connectivity index (χ1v) is 9.71. The van der Waals surface area contributed by atoms with Crippen LogP contribution in [0, 0.1) is 5.92 Å². The van der Waals surface area contributed by atoms with E-state index in [-0.39, 0.29) is 17.4 Å². The highest BCUT2D eigenvalue weighted by molar-refractivity contribution is 7.91. The first kappa shape index (κ1) is 15.2. The van der Waals surface area contributed by atoms with Crippen molar-refractivity contribution >= 4 is 32.2 Å². The molecule has 3 rings (SSSR count). The van der Waals surface area contributed by atoms with Gasteiger partial charge in [0.15, 0.2) is 15.0 Å². The van der Waals surface area contributed by atoms with Gasteiger partial charge in [-0.1, -0.05) is 30.3 Å². The van der Waals surface area contributed by atoms with Crippen molar-refractivity contribution in [2.24, 2.45) is 5.92 Å². The fraction of sp³-hybridized carbons (Fsp3) is 0.333. The average Bonchev–Trinajstić information content (AvgIpc) is 3.06. The van der Waals surface area contributed by atoms with Gasteiger partial charge in [-0.2, -0.15) is 0 Å². The smallest absolute Gasteiger partial charge is 0.230 e. The van der Waals surface area contributed by atoms with E-state index >= 15 is 0 Å². The molecule has 22 heavy (non-hydrogen) atoms. The number of carbonyl (C=O) groups is 1. The van der Waals surface area contributed by atoms with Crippen LogP contribution in [0.2, 0.25) is 0 Å². The summed E-state index contributed by atoms with van der Waals surface area (Å²) in [5.41, 5.74) is 2.05. The molecule has 0 spiro atoms. The van der Waals surface area contributed by atoms with Gasteiger partial charge in [0, 0.05) is 11.8 Å². The van der Waals surface area contributed by atoms with Crippen LogP contribution in [0.3, 0.4) is 0 Å². The minimum Gasteiger partial charge on any atom is -0.302 e. The Kier molecular flexibility index (Phi) is 4.26. The second kappa shape index (κ2) is 6.18. The third-order valence-electron chi connectivity index (χ3n) is 3.61. The quantitative estimate of drug-likeness (QED) is 0.928. The number of benzene rings is 1. The van der Waals surface area contributed by atoms with Crippen LogP contribution in [-0.2, 0) is 21.1 Å². The molecule has 0 unspecified atom stereocenters. The number of rotatable bonds is 4. The van der Waals surface area contributed by atoms with E-state index in [9.17, 15) is 13.2 Å². The summed E-state index contributed by atoms with van der Waals surface area (Å²) in [5, 5.41) is 5.17. The van der Waals surface area contributed by atoms with Crippen LogP contribution in [0.5, 0.6) is 0 Å². The highest BCUT2D eigenvalue weighted by atomic mass is 32.2. The van der Waals surface area contributed by atoms with Crippen molar-refractivity contribution < 1.29 is 13.2 Å². The lowest BCUT2D eigenvalue weighted by atomic mass is 10.1. The minimum absolute atomic E-state index is 0.0545. The number of hydrogen-bond acceptors (Lipinski definition) is 5. The highest BCUT2D eigenvalue weighted by Crippen LogP contribution is 2.23. The first-order chi connectivity index (χ1) is 10.5. The van der Waals surface area contributed by atoms with Crippen LogP contribution in [0.25, 0.3) is 0 Å². The van der Waals surface area contributed by atoms with Gasteiger partial charge in [-0.3, -0.25) is 4.79 Å². The van der Waals surface area contributed by atoms with Gasteiger partial charge in [-0.05, 0) is 12.0 Å². The van der Waals surface area contributed by atoms with E-state index in [0.717, 1.165) is 11.3 Å². The average molecular weight is 336 g/mol. The van der Waals surface area contributed by atoms with E-state index in [1.165, 1.54) is 11.3 Å². The van der Waals surface area contributed by atoms with Crippen LogP contribution in [0.4, 0.5) is 5.13 Å². The van der Waals surface area contributed by atoms with E-state index in [2.05, 4.69) is 10.3 Å². The van der Waals surface area contributed by atoms with Crippen LogP contribution >= 0.6 is 11.3 Å². The van der Waals surface area contributed by atoms with Crippen LogP contribution in [0.1, 0.15) is 17.7 Å². The van der Waals surface area contributed by atoms with E-state index in [1.807, 2.05) is 35.7 Å². The predicted octanol–water partition coefficient (Wildman–Crippen LogP) is 2.11. The molecule has 0 aliphatic carbocycles. The summed E-state index contributed by atoms with van der Waals surface area (Å²) in [6, 6.07) is 9.98. The molecule has 2 heterocycles. The lowest BCUT2D eigenvalue weighted by molar-refractivity contribution is -0.119. The lowest BCUT2D eigenvalue weighted by Gasteiger charge is -2.06.